The fraction of sp³-hybridized carbons (Fsp3) is 0.0833. The summed E-state index contributed by atoms with van der Waals surface area (Å²) < 4.78 is 23.5. The molecule has 0 atom stereocenters. The van der Waals surface area contributed by atoms with Crippen LogP contribution < -0.4 is 9.47 Å². The number of hydrogen-bond acceptors (Lipinski definition) is 5. The van der Waals surface area contributed by atoms with E-state index in [1.807, 2.05) is 0 Å². The van der Waals surface area contributed by atoms with Gasteiger partial charge in [0.05, 0.1) is 16.5 Å². The summed E-state index contributed by atoms with van der Waals surface area (Å²) in [5, 5.41) is 10.9. The zero-order chi connectivity index (χ0) is 14.7. The third-order valence-electron chi connectivity index (χ3n) is 2.32. The van der Waals surface area contributed by atoms with Gasteiger partial charge in [0, 0.05) is 12.1 Å². The molecule has 0 amide bonds. The van der Waals surface area contributed by atoms with Crippen LogP contribution in [0.15, 0.2) is 34.8 Å². The Labute approximate surface area is 121 Å². The molecule has 0 unspecified atom stereocenters. The molecule has 2 aromatic rings. The van der Waals surface area contributed by atoms with Crippen LogP contribution in [0.3, 0.4) is 0 Å². The lowest BCUT2D eigenvalue weighted by atomic mass is 10.3. The Morgan fingerprint density at radius 1 is 1.35 bits per heavy atom. The van der Waals surface area contributed by atoms with E-state index in [9.17, 15) is 14.5 Å². The SMILES string of the molecule is COc1ccc([N+](=O)[O-])c(Oc2ccc(F)cc2Br)n1. The predicted octanol–water partition coefficient (Wildman–Crippen LogP) is 3.69. The van der Waals surface area contributed by atoms with Crippen LogP contribution in [0.2, 0.25) is 0 Å². The molecule has 0 aliphatic rings. The van der Waals surface area contributed by atoms with Crippen LogP contribution in [-0.2, 0) is 0 Å². The van der Waals surface area contributed by atoms with E-state index in [1.54, 1.807) is 0 Å². The van der Waals surface area contributed by atoms with Crippen LogP contribution >= 0.6 is 15.9 Å². The summed E-state index contributed by atoms with van der Waals surface area (Å²) >= 11 is 3.11. The Hall–Kier alpha value is -2.22. The second-order valence-electron chi connectivity index (χ2n) is 3.61. The standard InChI is InChI=1S/C12H8BrFN2O4/c1-19-11-5-3-9(16(17)18)12(15-11)20-10-4-2-7(14)6-8(10)13/h2-6H,1H3. The number of benzene rings is 1. The first-order chi connectivity index (χ1) is 9.51. The number of halogens is 2. The average molecular weight is 343 g/mol. The minimum atomic E-state index is -0.626. The number of hydrogen-bond donors (Lipinski definition) is 0. The molecule has 0 bridgehead atoms. The normalized spacial score (nSPS) is 10.2. The molecule has 0 spiro atoms. The van der Waals surface area contributed by atoms with E-state index in [4.69, 9.17) is 9.47 Å². The summed E-state index contributed by atoms with van der Waals surface area (Å²) in [6.45, 7) is 0. The van der Waals surface area contributed by atoms with Gasteiger partial charge < -0.3 is 9.47 Å². The van der Waals surface area contributed by atoms with Gasteiger partial charge >= 0.3 is 11.6 Å². The van der Waals surface area contributed by atoms with Crippen molar-refractivity contribution in [3.05, 3.63) is 50.7 Å². The quantitative estimate of drug-likeness (QED) is 0.625. The largest absolute Gasteiger partial charge is 0.481 e. The van der Waals surface area contributed by atoms with Crippen molar-refractivity contribution < 1.29 is 18.8 Å². The lowest BCUT2D eigenvalue weighted by molar-refractivity contribution is -0.386. The van der Waals surface area contributed by atoms with Crippen LogP contribution in [0.4, 0.5) is 10.1 Å². The van der Waals surface area contributed by atoms with Crippen molar-refractivity contribution >= 4 is 21.6 Å². The second-order valence-corrected chi connectivity index (χ2v) is 4.47. The van der Waals surface area contributed by atoms with Gasteiger partial charge in [0.25, 0.3) is 0 Å². The summed E-state index contributed by atoms with van der Waals surface area (Å²) in [6, 6.07) is 6.26. The predicted molar refractivity (Wildman–Crippen MR) is 71.6 cm³/mol. The van der Waals surface area contributed by atoms with E-state index in [0.29, 0.717) is 4.47 Å². The number of pyridine rings is 1. The second kappa shape index (κ2) is 5.83. The summed E-state index contributed by atoms with van der Waals surface area (Å²) in [6.07, 6.45) is 0. The molecule has 8 heteroatoms. The lowest BCUT2D eigenvalue weighted by Crippen LogP contribution is -1.98. The topological polar surface area (TPSA) is 74.5 Å². The summed E-state index contributed by atoms with van der Waals surface area (Å²) in [4.78, 5) is 14.2. The fourth-order valence-corrected chi connectivity index (χ4v) is 1.84. The van der Waals surface area contributed by atoms with E-state index in [0.717, 1.165) is 0 Å². The molecule has 0 radical (unpaired) electrons. The highest BCUT2D eigenvalue weighted by Gasteiger charge is 2.19. The van der Waals surface area contributed by atoms with Gasteiger partial charge in [-0.05, 0) is 34.1 Å². The first kappa shape index (κ1) is 14.2. The van der Waals surface area contributed by atoms with Gasteiger partial charge in [-0.1, -0.05) is 0 Å². The Morgan fingerprint density at radius 2 is 2.10 bits per heavy atom. The van der Waals surface area contributed by atoms with Crippen molar-refractivity contribution in [1.82, 2.24) is 4.98 Å². The van der Waals surface area contributed by atoms with E-state index < -0.39 is 10.7 Å². The lowest BCUT2D eigenvalue weighted by Gasteiger charge is -2.08. The van der Waals surface area contributed by atoms with E-state index in [1.165, 1.54) is 37.4 Å². The molecular weight excluding hydrogens is 335 g/mol. The van der Waals surface area contributed by atoms with E-state index in [-0.39, 0.29) is 23.2 Å². The molecule has 0 fully saturated rings. The number of methoxy groups -OCH3 is 1. The molecule has 0 aliphatic heterocycles. The van der Waals surface area contributed by atoms with Crippen molar-refractivity contribution in [2.24, 2.45) is 0 Å². The number of nitrogens with zero attached hydrogens (tertiary/aromatic N) is 2. The van der Waals surface area contributed by atoms with Crippen molar-refractivity contribution in [2.45, 2.75) is 0 Å². The molecule has 0 saturated carbocycles. The van der Waals surface area contributed by atoms with E-state index >= 15 is 0 Å². The van der Waals surface area contributed by atoms with Gasteiger partial charge in [-0.3, -0.25) is 10.1 Å². The maximum atomic E-state index is 13.0. The van der Waals surface area contributed by atoms with Crippen molar-refractivity contribution in [3.63, 3.8) is 0 Å². The first-order valence-electron chi connectivity index (χ1n) is 5.33. The van der Waals surface area contributed by atoms with Crippen LogP contribution in [0.5, 0.6) is 17.5 Å². The minimum absolute atomic E-state index is 0.170. The van der Waals surface area contributed by atoms with Crippen LogP contribution in [-0.4, -0.2) is 17.0 Å². The number of nitro groups is 1. The van der Waals surface area contributed by atoms with Crippen LogP contribution in [0, 0.1) is 15.9 Å². The van der Waals surface area contributed by atoms with Gasteiger partial charge in [-0.25, -0.2) is 4.39 Å². The number of ether oxygens (including phenoxy) is 2. The van der Waals surface area contributed by atoms with Gasteiger partial charge in [0.2, 0.25) is 5.88 Å². The third kappa shape index (κ3) is 3.02. The molecular formula is C12H8BrFN2O4. The summed E-state index contributed by atoms with van der Waals surface area (Å²) in [7, 11) is 1.38. The van der Waals surface area contributed by atoms with Crippen molar-refractivity contribution in [3.8, 4) is 17.5 Å². The summed E-state index contributed by atoms with van der Waals surface area (Å²) in [5.41, 5.74) is -0.318. The highest BCUT2D eigenvalue weighted by atomic mass is 79.9. The maximum absolute atomic E-state index is 13.0. The Balaban J connectivity index is 2.43. The zero-order valence-corrected chi connectivity index (χ0v) is 11.8. The monoisotopic (exact) mass is 342 g/mol. The van der Waals surface area contributed by atoms with Gasteiger partial charge in [-0.15, -0.1) is 0 Å². The molecule has 0 aliphatic carbocycles. The first-order valence-corrected chi connectivity index (χ1v) is 6.13. The molecule has 1 aromatic carbocycles. The number of rotatable bonds is 4. The number of aromatic nitrogens is 1. The molecule has 1 heterocycles. The fourth-order valence-electron chi connectivity index (χ4n) is 1.41. The minimum Gasteiger partial charge on any atom is -0.481 e. The zero-order valence-electron chi connectivity index (χ0n) is 10.2. The molecule has 20 heavy (non-hydrogen) atoms. The van der Waals surface area contributed by atoms with Gasteiger partial charge in [0.1, 0.15) is 11.6 Å². The van der Waals surface area contributed by atoms with E-state index in [2.05, 4.69) is 20.9 Å². The highest BCUT2D eigenvalue weighted by molar-refractivity contribution is 9.10. The molecule has 1 aromatic heterocycles. The van der Waals surface area contributed by atoms with Gasteiger partial charge in [-0.2, -0.15) is 4.98 Å². The highest BCUT2D eigenvalue weighted by Crippen LogP contribution is 2.35. The molecule has 2 rings (SSSR count). The van der Waals surface area contributed by atoms with Gasteiger partial charge in [0.15, 0.2) is 0 Å². The van der Waals surface area contributed by atoms with Crippen LogP contribution in [0.1, 0.15) is 0 Å². The molecule has 6 nitrogen and oxygen atoms in total. The summed E-state index contributed by atoms with van der Waals surface area (Å²) in [5.74, 6) is -0.321. The van der Waals surface area contributed by atoms with Crippen LogP contribution in [0.25, 0.3) is 0 Å². The third-order valence-corrected chi connectivity index (χ3v) is 2.94. The Morgan fingerprint density at radius 3 is 2.70 bits per heavy atom. The maximum Gasteiger partial charge on any atom is 0.331 e. The molecule has 104 valence electrons. The Bertz CT molecular complexity index is 666. The van der Waals surface area contributed by atoms with Crippen molar-refractivity contribution in [2.75, 3.05) is 7.11 Å². The molecule has 0 N–H and O–H groups in total. The van der Waals surface area contributed by atoms with Crippen molar-refractivity contribution in [1.29, 1.82) is 0 Å². The molecule has 0 saturated heterocycles. The average Bonchev–Trinajstić information content (AvgIpc) is 2.41. The Kier molecular flexibility index (Phi) is 4.14. The smallest absolute Gasteiger partial charge is 0.331 e.